The third kappa shape index (κ3) is 7.72. The highest BCUT2D eigenvalue weighted by Crippen LogP contribution is 2.15. The molecule has 0 fully saturated rings. The average Bonchev–Trinajstić information content (AvgIpc) is 1.87. The van der Waals surface area contributed by atoms with E-state index in [1.807, 2.05) is 0 Å². The molecule has 0 aromatic carbocycles. The van der Waals surface area contributed by atoms with Crippen LogP contribution in [0, 0.1) is 0 Å². The number of aliphatic hydroxyl groups is 1. The second-order valence-corrected chi connectivity index (χ2v) is 3.55. The van der Waals surface area contributed by atoms with Gasteiger partial charge in [0.25, 0.3) is 0 Å². The summed E-state index contributed by atoms with van der Waals surface area (Å²) in [6.07, 6.45) is 1.12. The van der Waals surface area contributed by atoms with Crippen LogP contribution in [0.4, 0.5) is 0 Å². The zero-order valence-corrected chi connectivity index (χ0v) is 7.25. The van der Waals surface area contributed by atoms with E-state index in [4.69, 9.17) is 10.00 Å². The fourth-order valence-electron chi connectivity index (χ4n) is 0.686. The first kappa shape index (κ1) is 10.8. The predicted molar refractivity (Wildman–Crippen MR) is 42.0 cm³/mol. The summed E-state index contributed by atoms with van der Waals surface area (Å²) >= 11 is 0. The van der Waals surface area contributed by atoms with Crippen molar-refractivity contribution in [1.82, 2.24) is 0 Å². The van der Waals surface area contributed by atoms with Gasteiger partial charge in [-0.3, -0.25) is 9.36 Å². The Kier molecular flexibility index (Phi) is 6.42. The normalized spacial score (nSPS) is 12.9. The molecule has 0 radical (unpaired) electrons. The molecule has 0 aromatic heterocycles. The first-order valence-corrected chi connectivity index (χ1v) is 5.07. The van der Waals surface area contributed by atoms with Crippen LogP contribution >= 0.6 is 8.03 Å². The zero-order chi connectivity index (χ0) is 8.69. The van der Waals surface area contributed by atoms with E-state index in [0.29, 0.717) is 12.8 Å². The highest BCUT2D eigenvalue weighted by molar-refractivity contribution is 7.37. The summed E-state index contributed by atoms with van der Waals surface area (Å²) in [6.45, 7) is -0.132. The fraction of sp³-hybridized carbons (Fsp3) is 0.833. The smallest absolute Gasteiger partial charge is 0.189 e. The molecule has 0 amide bonds. The van der Waals surface area contributed by atoms with Crippen LogP contribution in [0.1, 0.15) is 19.3 Å². The molecule has 0 aliphatic rings. The van der Waals surface area contributed by atoms with Crippen LogP contribution in [-0.2, 0) is 9.36 Å². The number of Topliss-reactive ketones (excluding diaryl/α,β-unsaturated/α-hetero) is 1. The lowest BCUT2D eigenvalue weighted by Gasteiger charge is -1.95. The van der Waals surface area contributed by atoms with Crippen molar-refractivity contribution in [3.63, 3.8) is 0 Å². The lowest BCUT2D eigenvalue weighted by Crippen LogP contribution is -2.00. The molecule has 11 heavy (non-hydrogen) atoms. The maximum absolute atomic E-state index is 10.7. The van der Waals surface area contributed by atoms with Crippen molar-refractivity contribution in [3.05, 3.63) is 0 Å². The molecule has 0 saturated carbocycles. The van der Waals surface area contributed by atoms with Crippen LogP contribution < -0.4 is 0 Å². The Hall–Kier alpha value is -0.180. The monoisotopic (exact) mass is 180 g/mol. The van der Waals surface area contributed by atoms with Gasteiger partial charge in [-0.05, 0) is 6.42 Å². The Morgan fingerprint density at radius 3 is 2.45 bits per heavy atom. The van der Waals surface area contributed by atoms with Gasteiger partial charge in [0, 0.05) is 25.6 Å². The quantitative estimate of drug-likeness (QED) is 0.572. The number of carbonyl (C=O) groups is 1. The van der Waals surface area contributed by atoms with Crippen molar-refractivity contribution < 1.29 is 19.4 Å². The highest BCUT2D eigenvalue weighted by atomic mass is 31.1. The van der Waals surface area contributed by atoms with Crippen molar-refractivity contribution in [2.75, 3.05) is 12.8 Å². The van der Waals surface area contributed by atoms with E-state index in [-0.39, 0.29) is 25.0 Å². The summed E-state index contributed by atoms with van der Waals surface area (Å²) in [7, 11) is -2.41. The number of carbonyl (C=O) groups excluding carboxylic acids is 1. The molecule has 0 rings (SSSR count). The summed E-state index contributed by atoms with van der Waals surface area (Å²) in [6, 6.07) is 0. The largest absolute Gasteiger partial charge is 0.396 e. The third-order valence-electron chi connectivity index (χ3n) is 1.24. The minimum Gasteiger partial charge on any atom is -0.396 e. The molecule has 1 atom stereocenters. The summed E-state index contributed by atoms with van der Waals surface area (Å²) in [4.78, 5) is 19.1. The molecule has 0 saturated heterocycles. The van der Waals surface area contributed by atoms with Gasteiger partial charge in [0.15, 0.2) is 8.03 Å². The summed E-state index contributed by atoms with van der Waals surface area (Å²) in [5.74, 6) is -0.0456. The van der Waals surface area contributed by atoms with Crippen molar-refractivity contribution in [2.45, 2.75) is 19.3 Å². The molecular formula is C6H13O4P. The van der Waals surface area contributed by atoms with Gasteiger partial charge in [-0.1, -0.05) is 0 Å². The van der Waals surface area contributed by atoms with Gasteiger partial charge >= 0.3 is 0 Å². The van der Waals surface area contributed by atoms with Gasteiger partial charge in [0.2, 0.25) is 0 Å². The molecule has 0 spiro atoms. The molecule has 5 heteroatoms. The van der Waals surface area contributed by atoms with Crippen LogP contribution in [0.15, 0.2) is 0 Å². The van der Waals surface area contributed by atoms with Crippen molar-refractivity contribution in [2.24, 2.45) is 0 Å². The van der Waals surface area contributed by atoms with Crippen LogP contribution in [0.2, 0.25) is 0 Å². The zero-order valence-electron chi connectivity index (χ0n) is 6.25. The van der Waals surface area contributed by atoms with Gasteiger partial charge in [0.05, 0.1) is 0 Å². The minimum absolute atomic E-state index is 0.0456. The van der Waals surface area contributed by atoms with Gasteiger partial charge in [-0.2, -0.15) is 0 Å². The molecule has 0 aliphatic carbocycles. The minimum atomic E-state index is -2.41. The maximum Gasteiger partial charge on any atom is 0.189 e. The maximum atomic E-state index is 10.7. The lowest BCUT2D eigenvalue weighted by atomic mass is 10.2. The second kappa shape index (κ2) is 6.53. The molecule has 2 N–H and O–H groups in total. The van der Waals surface area contributed by atoms with Gasteiger partial charge in [-0.15, -0.1) is 0 Å². The first-order valence-electron chi connectivity index (χ1n) is 3.51. The Balaban J connectivity index is 3.24. The van der Waals surface area contributed by atoms with E-state index in [1.165, 1.54) is 0 Å². The van der Waals surface area contributed by atoms with E-state index >= 15 is 0 Å². The van der Waals surface area contributed by atoms with E-state index in [9.17, 15) is 9.36 Å². The van der Waals surface area contributed by atoms with E-state index in [1.54, 1.807) is 0 Å². The van der Waals surface area contributed by atoms with Crippen LogP contribution in [0.25, 0.3) is 0 Å². The lowest BCUT2D eigenvalue weighted by molar-refractivity contribution is -0.119. The summed E-state index contributed by atoms with van der Waals surface area (Å²) < 4.78 is 10.2. The van der Waals surface area contributed by atoms with E-state index in [0.717, 1.165) is 0 Å². The van der Waals surface area contributed by atoms with Gasteiger partial charge < -0.3 is 10.00 Å². The molecule has 66 valence electrons. The molecular weight excluding hydrogens is 167 g/mol. The SMILES string of the molecule is O=C(CCO)CCC[PH](=O)O. The standard InChI is InChI=1S/C6H13O4P/c7-4-3-6(8)2-1-5-11(9)10/h7,11H,1-5H2,(H,9,10). The Morgan fingerprint density at radius 2 is 2.00 bits per heavy atom. The van der Waals surface area contributed by atoms with Crippen LogP contribution in [0.5, 0.6) is 0 Å². The molecule has 0 aromatic rings. The third-order valence-corrected chi connectivity index (χ3v) is 2.02. The predicted octanol–water partition coefficient (Wildman–Crippen LogP) is 0.185. The fourth-order valence-corrected chi connectivity index (χ4v) is 1.17. The van der Waals surface area contributed by atoms with E-state index in [2.05, 4.69) is 0 Å². The Bertz CT molecular complexity index is 146. The second-order valence-electron chi connectivity index (χ2n) is 2.26. The molecule has 0 aliphatic heterocycles. The molecule has 4 nitrogen and oxygen atoms in total. The average molecular weight is 180 g/mol. The Morgan fingerprint density at radius 1 is 1.36 bits per heavy atom. The Labute approximate surface area is 66.1 Å². The van der Waals surface area contributed by atoms with Crippen molar-refractivity contribution in [3.8, 4) is 0 Å². The summed E-state index contributed by atoms with van der Waals surface area (Å²) in [5.41, 5.74) is 0. The first-order chi connectivity index (χ1) is 5.16. The number of aliphatic hydroxyl groups excluding tert-OH is 1. The highest BCUT2D eigenvalue weighted by Gasteiger charge is 2.01. The van der Waals surface area contributed by atoms with Crippen LogP contribution in [0.3, 0.4) is 0 Å². The number of rotatable bonds is 6. The van der Waals surface area contributed by atoms with E-state index < -0.39 is 8.03 Å². The van der Waals surface area contributed by atoms with Gasteiger partial charge in [-0.25, -0.2) is 0 Å². The van der Waals surface area contributed by atoms with Gasteiger partial charge in [0.1, 0.15) is 5.78 Å². The van der Waals surface area contributed by atoms with Crippen LogP contribution in [-0.4, -0.2) is 28.6 Å². The number of hydrogen-bond acceptors (Lipinski definition) is 3. The number of hydrogen-bond donors (Lipinski definition) is 2. The topological polar surface area (TPSA) is 74.6 Å². The number of ketones is 1. The molecule has 0 bridgehead atoms. The van der Waals surface area contributed by atoms with Crippen molar-refractivity contribution in [1.29, 1.82) is 0 Å². The molecule has 1 unspecified atom stereocenters. The summed E-state index contributed by atoms with van der Waals surface area (Å²) in [5, 5.41) is 8.32. The molecule has 0 heterocycles. The van der Waals surface area contributed by atoms with Crippen molar-refractivity contribution >= 4 is 13.8 Å².